The molecule has 0 radical (unpaired) electrons. The average Bonchev–Trinajstić information content (AvgIpc) is 2.50. The summed E-state index contributed by atoms with van der Waals surface area (Å²) in [5.74, 6) is 0.529. The standard InChI is InChI=1S/C17H14BrClO3/c1-2-21-15-9-8-13(18)11-12(15)7-10-17(20)22-16-6-4-3-5-14(16)19/h3-11H,2H2,1H3/b10-7+. The minimum absolute atomic E-state index is 0.332. The van der Waals surface area contributed by atoms with E-state index < -0.39 is 5.97 Å². The predicted octanol–water partition coefficient (Wildman–Crippen LogP) is 5.12. The third kappa shape index (κ3) is 4.61. The first kappa shape index (κ1) is 16.6. The Labute approximate surface area is 142 Å². The second-order valence-corrected chi connectivity index (χ2v) is 5.62. The Morgan fingerprint density at radius 2 is 2.00 bits per heavy atom. The average molecular weight is 382 g/mol. The topological polar surface area (TPSA) is 35.5 Å². The zero-order valence-corrected chi connectivity index (χ0v) is 14.2. The molecule has 0 aromatic heterocycles. The first-order valence-corrected chi connectivity index (χ1v) is 7.84. The van der Waals surface area contributed by atoms with Gasteiger partial charge in [-0.15, -0.1) is 0 Å². The number of hydrogen-bond acceptors (Lipinski definition) is 3. The fourth-order valence-corrected chi connectivity index (χ4v) is 2.32. The monoisotopic (exact) mass is 380 g/mol. The predicted molar refractivity (Wildman–Crippen MR) is 91.4 cm³/mol. The maximum absolute atomic E-state index is 11.9. The number of carbonyl (C=O) groups excluding carboxylic acids is 1. The zero-order chi connectivity index (χ0) is 15.9. The molecule has 0 atom stereocenters. The third-order valence-electron chi connectivity index (χ3n) is 2.72. The van der Waals surface area contributed by atoms with E-state index in [2.05, 4.69) is 15.9 Å². The second-order valence-electron chi connectivity index (χ2n) is 4.30. The van der Waals surface area contributed by atoms with Gasteiger partial charge in [0, 0.05) is 16.1 Å². The SMILES string of the molecule is CCOc1ccc(Br)cc1/C=C/C(=O)Oc1ccccc1Cl. The van der Waals surface area contributed by atoms with Gasteiger partial charge in [0.1, 0.15) is 11.5 Å². The fourth-order valence-electron chi connectivity index (χ4n) is 1.76. The van der Waals surface area contributed by atoms with Gasteiger partial charge in [-0.05, 0) is 43.3 Å². The summed E-state index contributed by atoms with van der Waals surface area (Å²) in [6.07, 6.45) is 2.99. The lowest BCUT2D eigenvalue weighted by Gasteiger charge is -2.07. The van der Waals surface area contributed by atoms with E-state index in [4.69, 9.17) is 21.1 Å². The van der Waals surface area contributed by atoms with Crippen LogP contribution in [-0.2, 0) is 4.79 Å². The van der Waals surface area contributed by atoms with Crippen molar-refractivity contribution in [1.82, 2.24) is 0 Å². The molecule has 0 aliphatic heterocycles. The summed E-state index contributed by atoms with van der Waals surface area (Å²) in [5, 5.41) is 0.390. The second kappa shape index (κ2) is 8.01. The first-order valence-electron chi connectivity index (χ1n) is 6.67. The molecule has 0 heterocycles. The summed E-state index contributed by atoms with van der Waals surface area (Å²) < 4.78 is 11.6. The van der Waals surface area contributed by atoms with Crippen molar-refractivity contribution >= 4 is 39.6 Å². The molecule has 0 bridgehead atoms. The molecule has 114 valence electrons. The van der Waals surface area contributed by atoms with Crippen molar-refractivity contribution in [2.75, 3.05) is 6.61 Å². The Balaban J connectivity index is 2.13. The summed E-state index contributed by atoms with van der Waals surface area (Å²) >= 11 is 9.34. The number of ether oxygens (including phenoxy) is 2. The van der Waals surface area contributed by atoms with Crippen molar-refractivity contribution in [3.63, 3.8) is 0 Å². The number of para-hydroxylation sites is 1. The van der Waals surface area contributed by atoms with Crippen LogP contribution in [0.25, 0.3) is 6.08 Å². The third-order valence-corrected chi connectivity index (χ3v) is 3.52. The van der Waals surface area contributed by atoms with Crippen molar-refractivity contribution in [1.29, 1.82) is 0 Å². The summed E-state index contributed by atoms with van der Waals surface area (Å²) in [6.45, 7) is 2.45. The lowest BCUT2D eigenvalue weighted by atomic mass is 10.2. The number of esters is 1. The van der Waals surface area contributed by atoms with E-state index in [0.717, 1.165) is 10.0 Å². The van der Waals surface area contributed by atoms with Gasteiger partial charge in [0.15, 0.2) is 0 Å². The number of halogens is 2. The summed E-state index contributed by atoms with van der Waals surface area (Å²) in [4.78, 5) is 11.9. The largest absolute Gasteiger partial charge is 0.493 e. The number of rotatable bonds is 5. The number of carbonyl (C=O) groups is 1. The summed E-state index contributed by atoms with van der Waals surface area (Å²) in [5.41, 5.74) is 0.785. The van der Waals surface area contributed by atoms with Gasteiger partial charge in [-0.25, -0.2) is 4.79 Å². The van der Waals surface area contributed by atoms with Gasteiger partial charge >= 0.3 is 5.97 Å². The minimum atomic E-state index is -0.504. The van der Waals surface area contributed by atoms with Crippen LogP contribution >= 0.6 is 27.5 Å². The molecule has 0 spiro atoms. The lowest BCUT2D eigenvalue weighted by molar-refractivity contribution is -0.128. The van der Waals surface area contributed by atoms with E-state index in [0.29, 0.717) is 23.1 Å². The van der Waals surface area contributed by atoms with Crippen LogP contribution in [0.3, 0.4) is 0 Å². The van der Waals surface area contributed by atoms with Crippen LogP contribution in [0.15, 0.2) is 53.0 Å². The van der Waals surface area contributed by atoms with Gasteiger partial charge in [-0.3, -0.25) is 0 Å². The van der Waals surface area contributed by atoms with Crippen LogP contribution in [0.4, 0.5) is 0 Å². The molecule has 5 heteroatoms. The van der Waals surface area contributed by atoms with Crippen molar-refractivity contribution in [2.24, 2.45) is 0 Å². The molecule has 0 aliphatic carbocycles. The minimum Gasteiger partial charge on any atom is -0.493 e. The van der Waals surface area contributed by atoms with Crippen LogP contribution in [-0.4, -0.2) is 12.6 Å². The highest BCUT2D eigenvalue weighted by atomic mass is 79.9. The zero-order valence-electron chi connectivity index (χ0n) is 11.9. The Morgan fingerprint density at radius 3 is 2.73 bits per heavy atom. The van der Waals surface area contributed by atoms with Crippen molar-refractivity contribution in [3.8, 4) is 11.5 Å². The van der Waals surface area contributed by atoms with Crippen LogP contribution in [0, 0.1) is 0 Å². The first-order chi connectivity index (χ1) is 10.6. The smallest absolute Gasteiger partial charge is 0.336 e. The van der Waals surface area contributed by atoms with E-state index >= 15 is 0 Å². The maximum atomic E-state index is 11.9. The maximum Gasteiger partial charge on any atom is 0.336 e. The Hall–Kier alpha value is -1.78. The highest BCUT2D eigenvalue weighted by Gasteiger charge is 2.06. The highest BCUT2D eigenvalue weighted by molar-refractivity contribution is 9.10. The van der Waals surface area contributed by atoms with Gasteiger partial charge in [0.25, 0.3) is 0 Å². The molecule has 2 rings (SSSR count). The van der Waals surface area contributed by atoms with E-state index in [1.165, 1.54) is 6.08 Å². The quantitative estimate of drug-likeness (QED) is 0.410. The van der Waals surface area contributed by atoms with Crippen LogP contribution < -0.4 is 9.47 Å². The van der Waals surface area contributed by atoms with E-state index in [1.54, 1.807) is 30.3 Å². The lowest BCUT2D eigenvalue weighted by Crippen LogP contribution is -2.04. The molecule has 2 aromatic rings. The van der Waals surface area contributed by atoms with Crippen LogP contribution in [0.5, 0.6) is 11.5 Å². The summed E-state index contributed by atoms with van der Waals surface area (Å²) in [6, 6.07) is 12.4. The molecular weight excluding hydrogens is 368 g/mol. The van der Waals surface area contributed by atoms with Gasteiger partial charge in [-0.2, -0.15) is 0 Å². The molecule has 0 saturated heterocycles. The normalized spacial score (nSPS) is 10.7. The van der Waals surface area contributed by atoms with Crippen LogP contribution in [0.1, 0.15) is 12.5 Å². The molecule has 0 N–H and O–H groups in total. The Bertz CT molecular complexity index is 698. The Morgan fingerprint density at radius 1 is 1.23 bits per heavy atom. The van der Waals surface area contributed by atoms with Gasteiger partial charge in [0.2, 0.25) is 0 Å². The van der Waals surface area contributed by atoms with Crippen molar-refractivity contribution in [3.05, 3.63) is 63.6 Å². The van der Waals surface area contributed by atoms with Gasteiger partial charge < -0.3 is 9.47 Å². The van der Waals surface area contributed by atoms with Gasteiger partial charge in [0.05, 0.1) is 11.6 Å². The van der Waals surface area contributed by atoms with Gasteiger partial charge in [-0.1, -0.05) is 39.7 Å². The molecule has 0 unspecified atom stereocenters. The molecule has 0 fully saturated rings. The van der Waals surface area contributed by atoms with Crippen LogP contribution in [0.2, 0.25) is 5.02 Å². The molecular formula is C17H14BrClO3. The highest BCUT2D eigenvalue weighted by Crippen LogP contribution is 2.25. The molecule has 22 heavy (non-hydrogen) atoms. The van der Waals surface area contributed by atoms with Crippen molar-refractivity contribution in [2.45, 2.75) is 6.92 Å². The van der Waals surface area contributed by atoms with E-state index in [-0.39, 0.29) is 0 Å². The summed E-state index contributed by atoms with van der Waals surface area (Å²) in [7, 11) is 0. The molecule has 3 nitrogen and oxygen atoms in total. The number of benzene rings is 2. The van der Waals surface area contributed by atoms with E-state index in [1.807, 2.05) is 25.1 Å². The van der Waals surface area contributed by atoms with E-state index in [9.17, 15) is 4.79 Å². The Kier molecular flexibility index (Phi) is 6.04. The molecule has 2 aromatic carbocycles. The van der Waals surface area contributed by atoms with Crippen molar-refractivity contribution < 1.29 is 14.3 Å². The number of hydrogen-bond donors (Lipinski definition) is 0. The molecule has 0 amide bonds. The molecule has 0 aliphatic rings. The molecule has 0 saturated carbocycles. The fraction of sp³-hybridized carbons (Fsp3) is 0.118.